The van der Waals surface area contributed by atoms with Crippen molar-refractivity contribution in [2.24, 2.45) is 0 Å². The van der Waals surface area contributed by atoms with Crippen molar-refractivity contribution in [3.8, 4) is 0 Å². The maximum Gasteiger partial charge on any atom is 0.275 e. The van der Waals surface area contributed by atoms with E-state index in [9.17, 15) is 4.79 Å². The molecule has 0 fully saturated rings. The fourth-order valence-corrected chi connectivity index (χ4v) is 2.64. The Balaban J connectivity index is 2.22. The van der Waals surface area contributed by atoms with E-state index in [0.29, 0.717) is 10.4 Å². The highest BCUT2D eigenvalue weighted by atomic mass is 35.5. The van der Waals surface area contributed by atoms with Crippen molar-refractivity contribution in [2.75, 3.05) is 5.32 Å². The lowest BCUT2D eigenvalue weighted by molar-refractivity contribution is 0.102. The first-order valence-electron chi connectivity index (χ1n) is 6.94. The SMILES string of the molecule is Cc1ccc(NC(=O)c2nc(SC(C)C)ncc2Cl)cc1C. The number of aromatic nitrogens is 2. The number of rotatable bonds is 4. The molecule has 0 spiro atoms. The van der Waals surface area contributed by atoms with Crippen LogP contribution in [0.25, 0.3) is 0 Å². The zero-order valence-corrected chi connectivity index (χ0v) is 14.5. The van der Waals surface area contributed by atoms with Crippen molar-refractivity contribution < 1.29 is 4.79 Å². The van der Waals surface area contributed by atoms with Crippen LogP contribution in [0.5, 0.6) is 0 Å². The number of hydrogen-bond donors (Lipinski definition) is 1. The molecular formula is C16H18ClN3OS. The minimum atomic E-state index is -0.332. The van der Waals surface area contributed by atoms with Gasteiger partial charge in [-0.3, -0.25) is 4.79 Å². The van der Waals surface area contributed by atoms with Crippen molar-refractivity contribution in [3.05, 3.63) is 46.2 Å². The third-order valence-electron chi connectivity index (χ3n) is 3.04. The fourth-order valence-electron chi connectivity index (χ4n) is 1.79. The van der Waals surface area contributed by atoms with Crippen molar-refractivity contribution in [1.82, 2.24) is 9.97 Å². The number of nitrogens with zero attached hydrogens (tertiary/aromatic N) is 2. The Bertz CT molecular complexity index is 704. The summed E-state index contributed by atoms with van der Waals surface area (Å²) in [5.41, 5.74) is 3.20. The number of anilines is 1. The van der Waals surface area contributed by atoms with Gasteiger partial charge in [-0.25, -0.2) is 9.97 Å². The van der Waals surface area contributed by atoms with Gasteiger partial charge in [0.1, 0.15) is 0 Å². The molecule has 1 amide bonds. The standard InChI is InChI=1S/C16H18ClN3OS/c1-9(2)22-16-18-8-13(17)14(20-16)15(21)19-12-6-5-10(3)11(4)7-12/h5-9H,1-4H3,(H,19,21). The second-order valence-electron chi connectivity index (χ2n) is 5.27. The van der Waals surface area contributed by atoms with Gasteiger partial charge in [-0.2, -0.15) is 0 Å². The largest absolute Gasteiger partial charge is 0.321 e. The van der Waals surface area contributed by atoms with Gasteiger partial charge in [-0.1, -0.05) is 43.3 Å². The summed E-state index contributed by atoms with van der Waals surface area (Å²) in [6.45, 7) is 8.10. The van der Waals surface area contributed by atoms with Crippen LogP contribution < -0.4 is 5.32 Å². The van der Waals surface area contributed by atoms with E-state index in [1.54, 1.807) is 0 Å². The van der Waals surface area contributed by atoms with Crippen LogP contribution in [0.15, 0.2) is 29.6 Å². The maximum absolute atomic E-state index is 12.4. The fraction of sp³-hybridized carbons (Fsp3) is 0.312. The topological polar surface area (TPSA) is 54.9 Å². The molecule has 0 saturated carbocycles. The summed E-state index contributed by atoms with van der Waals surface area (Å²) in [4.78, 5) is 20.8. The Morgan fingerprint density at radius 2 is 2.00 bits per heavy atom. The summed E-state index contributed by atoms with van der Waals surface area (Å²) in [7, 11) is 0. The number of nitrogens with one attached hydrogen (secondary N) is 1. The molecule has 0 radical (unpaired) electrons. The second kappa shape index (κ2) is 7.11. The molecule has 0 saturated heterocycles. The monoisotopic (exact) mass is 335 g/mol. The van der Waals surface area contributed by atoms with Gasteiger partial charge in [0, 0.05) is 10.9 Å². The van der Waals surface area contributed by atoms with Gasteiger partial charge in [0.2, 0.25) is 0 Å². The van der Waals surface area contributed by atoms with Crippen LogP contribution >= 0.6 is 23.4 Å². The van der Waals surface area contributed by atoms with Crippen LogP contribution in [0.3, 0.4) is 0 Å². The highest BCUT2D eigenvalue weighted by Crippen LogP contribution is 2.22. The minimum Gasteiger partial charge on any atom is -0.321 e. The van der Waals surface area contributed by atoms with E-state index in [0.717, 1.165) is 11.3 Å². The highest BCUT2D eigenvalue weighted by molar-refractivity contribution is 7.99. The molecule has 0 unspecified atom stereocenters. The van der Waals surface area contributed by atoms with E-state index < -0.39 is 0 Å². The van der Waals surface area contributed by atoms with Crippen molar-refractivity contribution >= 4 is 35.0 Å². The van der Waals surface area contributed by atoms with Crippen LogP contribution in [0.1, 0.15) is 35.5 Å². The van der Waals surface area contributed by atoms with E-state index in [4.69, 9.17) is 11.6 Å². The molecule has 0 atom stereocenters. The summed E-state index contributed by atoms with van der Waals surface area (Å²) in [5, 5.41) is 3.95. The highest BCUT2D eigenvalue weighted by Gasteiger charge is 2.15. The summed E-state index contributed by atoms with van der Waals surface area (Å²) >= 11 is 7.54. The normalized spacial score (nSPS) is 10.8. The lowest BCUT2D eigenvalue weighted by atomic mass is 10.1. The van der Waals surface area contributed by atoms with Crippen LogP contribution in [0.2, 0.25) is 5.02 Å². The van der Waals surface area contributed by atoms with Gasteiger partial charge in [0.25, 0.3) is 5.91 Å². The molecule has 22 heavy (non-hydrogen) atoms. The molecule has 0 bridgehead atoms. The molecule has 0 aliphatic carbocycles. The summed E-state index contributed by atoms with van der Waals surface area (Å²) in [5.74, 6) is -0.332. The van der Waals surface area contributed by atoms with Crippen molar-refractivity contribution in [3.63, 3.8) is 0 Å². The van der Waals surface area contributed by atoms with Crippen molar-refractivity contribution in [2.45, 2.75) is 38.1 Å². The number of carbonyl (C=O) groups excluding carboxylic acids is 1. The molecule has 2 rings (SSSR count). The molecule has 2 aromatic rings. The smallest absolute Gasteiger partial charge is 0.275 e. The Hall–Kier alpha value is -1.59. The van der Waals surface area contributed by atoms with Crippen molar-refractivity contribution in [1.29, 1.82) is 0 Å². The Morgan fingerprint density at radius 1 is 1.27 bits per heavy atom. The first-order valence-corrected chi connectivity index (χ1v) is 8.20. The number of thioether (sulfide) groups is 1. The van der Waals surface area contributed by atoms with Gasteiger partial charge in [-0.15, -0.1) is 0 Å². The number of benzene rings is 1. The van der Waals surface area contributed by atoms with Gasteiger partial charge < -0.3 is 5.32 Å². The third-order valence-corrected chi connectivity index (χ3v) is 4.20. The van der Waals surface area contributed by atoms with Gasteiger partial charge in [-0.05, 0) is 37.1 Å². The zero-order chi connectivity index (χ0) is 16.3. The zero-order valence-electron chi connectivity index (χ0n) is 13.0. The first-order chi connectivity index (χ1) is 10.4. The van der Waals surface area contributed by atoms with E-state index in [2.05, 4.69) is 15.3 Å². The number of halogens is 1. The van der Waals surface area contributed by atoms with Gasteiger partial charge >= 0.3 is 0 Å². The predicted octanol–water partition coefficient (Wildman–Crippen LogP) is 4.50. The Morgan fingerprint density at radius 3 is 2.64 bits per heavy atom. The predicted molar refractivity (Wildman–Crippen MR) is 91.9 cm³/mol. The Kier molecular flexibility index (Phi) is 5.42. The van der Waals surface area contributed by atoms with E-state index in [1.807, 2.05) is 45.9 Å². The molecule has 116 valence electrons. The molecule has 1 N–H and O–H groups in total. The third kappa shape index (κ3) is 4.21. The van der Waals surface area contributed by atoms with Gasteiger partial charge in [0.05, 0.1) is 11.2 Å². The Labute approximate surface area is 139 Å². The average Bonchev–Trinajstić information content (AvgIpc) is 2.44. The van der Waals surface area contributed by atoms with Crippen LogP contribution in [-0.2, 0) is 0 Å². The summed E-state index contributed by atoms with van der Waals surface area (Å²) in [6.07, 6.45) is 1.47. The molecule has 1 aromatic heterocycles. The van der Waals surface area contributed by atoms with Gasteiger partial charge in [0.15, 0.2) is 10.9 Å². The quantitative estimate of drug-likeness (QED) is 0.660. The number of aryl methyl sites for hydroxylation is 2. The second-order valence-corrected chi connectivity index (χ2v) is 7.22. The summed E-state index contributed by atoms with van der Waals surface area (Å²) in [6, 6.07) is 5.75. The van der Waals surface area contributed by atoms with Crippen LogP contribution in [-0.4, -0.2) is 21.1 Å². The van der Waals surface area contributed by atoms with Crippen LogP contribution in [0, 0.1) is 13.8 Å². The molecule has 4 nitrogen and oxygen atoms in total. The number of amides is 1. The number of carbonyl (C=O) groups is 1. The average molecular weight is 336 g/mol. The number of hydrogen-bond acceptors (Lipinski definition) is 4. The molecule has 0 aliphatic heterocycles. The molecule has 0 aliphatic rings. The van der Waals surface area contributed by atoms with E-state index in [-0.39, 0.29) is 16.6 Å². The molecular weight excluding hydrogens is 318 g/mol. The van der Waals surface area contributed by atoms with Crippen LogP contribution in [0.4, 0.5) is 5.69 Å². The molecule has 1 heterocycles. The van der Waals surface area contributed by atoms with E-state index >= 15 is 0 Å². The molecule has 6 heteroatoms. The van der Waals surface area contributed by atoms with E-state index in [1.165, 1.54) is 23.5 Å². The minimum absolute atomic E-state index is 0.193. The first kappa shape index (κ1) is 16.8. The molecule has 1 aromatic carbocycles. The lowest BCUT2D eigenvalue weighted by Gasteiger charge is -2.09. The maximum atomic E-state index is 12.4. The summed E-state index contributed by atoms with van der Waals surface area (Å²) < 4.78 is 0. The lowest BCUT2D eigenvalue weighted by Crippen LogP contribution is -2.15.